The first-order valence-electron chi connectivity index (χ1n) is 7.06. The Morgan fingerprint density at radius 1 is 1.32 bits per heavy atom. The van der Waals surface area contributed by atoms with Crippen molar-refractivity contribution in [1.82, 2.24) is 15.6 Å². The van der Waals surface area contributed by atoms with Crippen molar-refractivity contribution in [3.63, 3.8) is 0 Å². The van der Waals surface area contributed by atoms with Gasteiger partial charge in [-0.1, -0.05) is 13.3 Å². The molecular formula is C15H25N3O. The van der Waals surface area contributed by atoms with Gasteiger partial charge in [0.25, 0.3) is 0 Å². The van der Waals surface area contributed by atoms with E-state index in [4.69, 9.17) is 0 Å². The second-order valence-corrected chi connectivity index (χ2v) is 4.98. The first-order chi connectivity index (χ1) is 9.13. The van der Waals surface area contributed by atoms with Crippen molar-refractivity contribution in [2.45, 2.75) is 52.1 Å². The summed E-state index contributed by atoms with van der Waals surface area (Å²) < 4.78 is 0. The van der Waals surface area contributed by atoms with Gasteiger partial charge in [0, 0.05) is 18.4 Å². The third-order valence-corrected chi connectivity index (χ3v) is 3.12. The van der Waals surface area contributed by atoms with E-state index in [1.165, 1.54) is 5.56 Å². The maximum Gasteiger partial charge on any atom is 0.237 e. The molecule has 2 unspecified atom stereocenters. The number of hydrogen-bond donors (Lipinski definition) is 2. The molecule has 1 heterocycles. The van der Waals surface area contributed by atoms with Crippen LogP contribution in [0.1, 0.15) is 39.2 Å². The summed E-state index contributed by atoms with van der Waals surface area (Å²) in [5.41, 5.74) is 1.23. The molecule has 0 aromatic carbocycles. The molecule has 1 rings (SSSR count). The third kappa shape index (κ3) is 6.34. The minimum Gasteiger partial charge on any atom is -0.352 e. The topological polar surface area (TPSA) is 54.0 Å². The minimum absolute atomic E-state index is 0.0793. The number of rotatable bonds is 8. The molecule has 2 N–H and O–H groups in total. The molecule has 19 heavy (non-hydrogen) atoms. The Labute approximate surface area is 116 Å². The van der Waals surface area contributed by atoms with Gasteiger partial charge in [0.15, 0.2) is 0 Å². The van der Waals surface area contributed by atoms with Gasteiger partial charge in [-0.2, -0.15) is 0 Å². The summed E-state index contributed by atoms with van der Waals surface area (Å²) in [6.07, 6.45) is 6.60. The standard InChI is InChI=1S/C15H25N3O/c1-4-5-12(2)18-15(19)13(3)17-11-8-14-6-9-16-10-7-14/h6-7,9-10,12-13,17H,4-5,8,11H2,1-3H3,(H,18,19). The zero-order valence-electron chi connectivity index (χ0n) is 12.1. The first-order valence-corrected chi connectivity index (χ1v) is 7.06. The fourth-order valence-corrected chi connectivity index (χ4v) is 1.95. The van der Waals surface area contributed by atoms with Crippen LogP contribution in [0.15, 0.2) is 24.5 Å². The van der Waals surface area contributed by atoms with Crippen molar-refractivity contribution in [1.29, 1.82) is 0 Å². The monoisotopic (exact) mass is 263 g/mol. The van der Waals surface area contributed by atoms with Gasteiger partial charge in [-0.25, -0.2) is 0 Å². The van der Waals surface area contributed by atoms with Gasteiger partial charge >= 0.3 is 0 Å². The van der Waals surface area contributed by atoms with Gasteiger partial charge in [0.2, 0.25) is 5.91 Å². The lowest BCUT2D eigenvalue weighted by Gasteiger charge is -2.18. The average molecular weight is 263 g/mol. The highest BCUT2D eigenvalue weighted by molar-refractivity contribution is 5.81. The number of carbonyl (C=O) groups excluding carboxylic acids is 1. The van der Waals surface area contributed by atoms with Crippen LogP contribution in [0.4, 0.5) is 0 Å². The van der Waals surface area contributed by atoms with Gasteiger partial charge in [-0.3, -0.25) is 9.78 Å². The largest absolute Gasteiger partial charge is 0.352 e. The molecule has 4 nitrogen and oxygen atoms in total. The number of pyridine rings is 1. The van der Waals surface area contributed by atoms with E-state index in [0.29, 0.717) is 0 Å². The molecule has 0 radical (unpaired) electrons. The lowest BCUT2D eigenvalue weighted by atomic mass is 10.1. The highest BCUT2D eigenvalue weighted by atomic mass is 16.2. The van der Waals surface area contributed by atoms with Crippen LogP contribution in [0.25, 0.3) is 0 Å². The Bertz CT molecular complexity index is 367. The minimum atomic E-state index is -0.152. The van der Waals surface area contributed by atoms with E-state index < -0.39 is 0 Å². The molecular weight excluding hydrogens is 238 g/mol. The second kappa shape index (κ2) is 8.64. The van der Waals surface area contributed by atoms with Gasteiger partial charge in [0.1, 0.15) is 0 Å². The predicted octanol–water partition coefficient (Wildman–Crippen LogP) is 1.91. The van der Waals surface area contributed by atoms with Crippen LogP contribution in [0, 0.1) is 0 Å². The number of nitrogens with one attached hydrogen (secondary N) is 2. The number of hydrogen-bond acceptors (Lipinski definition) is 3. The summed E-state index contributed by atoms with van der Waals surface area (Å²) in [5.74, 6) is 0.0793. The molecule has 0 aliphatic rings. The lowest BCUT2D eigenvalue weighted by Crippen LogP contribution is -2.45. The Morgan fingerprint density at radius 3 is 2.63 bits per heavy atom. The van der Waals surface area contributed by atoms with Crippen LogP contribution in [-0.2, 0) is 11.2 Å². The van der Waals surface area contributed by atoms with E-state index >= 15 is 0 Å². The molecule has 1 amide bonds. The summed E-state index contributed by atoms with van der Waals surface area (Å²) >= 11 is 0. The predicted molar refractivity (Wildman–Crippen MR) is 77.9 cm³/mol. The van der Waals surface area contributed by atoms with Gasteiger partial charge in [-0.05, 0) is 50.9 Å². The molecule has 0 saturated heterocycles. The first kappa shape index (κ1) is 15.6. The molecule has 1 aromatic heterocycles. The summed E-state index contributed by atoms with van der Waals surface area (Å²) in [5, 5.41) is 6.26. The molecule has 1 aromatic rings. The molecule has 4 heteroatoms. The van der Waals surface area contributed by atoms with E-state index in [2.05, 4.69) is 22.5 Å². The van der Waals surface area contributed by atoms with E-state index in [-0.39, 0.29) is 18.0 Å². The molecule has 0 spiro atoms. The van der Waals surface area contributed by atoms with Gasteiger partial charge in [-0.15, -0.1) is 0 Å². The molecule has 0 saturated carbocycles. The summed E-state index contributed by atoms with van der Waals surface area (Å²) in [6.45, 7) is 6.87. The highest BCUT2D eigenvalue weighted by Gasteiger charge is 2.13. The SMILES string of the molecule is CCCC(C)NC(=O)C(C)NCCc1ccncc1. The number of aromatic nitrogens is 1. The number of nitrogens with zero attached hydrogens (tertiary/aromatic N) is 1. The van der Waals surface area contributed by atoms with Crippen LogP contribution < -0.4 is 10.6 Å². The number of carbonyl (C=O) groups is 1. The third-order valence-electron chi connectivity index (χ3n) is 3.12. The Hall–Kier alpha value is -1.42. The van der Waals surface area contributed by atoms with Crippen molar-refractivity contribution in [3.05, 3.63) is 30.1 Å². The van der Waals surface area contributed by atoms with Crippen LogP contribution in [0.5, 0.6) is 0 Å². The van der Waals surface area contributed by atoms with Crippen molar-refractivity contribution in [3.8, 4) is 0 Å². The maximum atomic E-state index is 11.9. The summed E-state index contributed by atoms with van der Waals surface area (Å²) in [6, 6.07) is 4.09. The summed E-state index contributed by atoms with van der Waals surface area (Å²) in [7, 11) is 0. The van der Waals surface area contributed by atoms with E-state index in [1.54, 1.807) is 12.4 Å². The lowest BCUT2D eigenvalue weighted by molar-refractivity contribution is -0.123. The molecule has 0 aliphatic heterocycles. The van der Waals surface area contributed by atoms with Crippen molar-refractivity contribution in [2.24, 2.45) is 0 Å². The fraction of sp³-hybridized carbons (Fsp3) is 0.600. The molecule has 0 aliphatic carbocycles. The van der Waals surface area contributed by atoms with E-state index in [0.717, 1.165) is 25.8 Å². The van der Waals surface area contributed by atoms with Gasteiger partial charge in [0.05, 0.1) is 6.04 Å². The second-order valence-electron chi connectivity index (χ2n) is 4.98. The van der Waals surface area contributed by atoms with Crippen molar-refractivity contribution in [2.75, 3.05) is 6.54 Å². The average Bonchev–Trinajstić information content (AvgIpc) is 2.40. The smallest absolute Gasteiger partial charge is 0.237 e. The molecule has 2 atom stereocenters. The van der Waals surface area contributed by atoms with Crippen LogP contribution in [-0.4, -0.2) is 29.5 Å². The number of amides is 1. The zero-order chi connectivity index (χ0) is 14.1. The van der Waals surface area contributed by atoms with Gasteiger partial charge < -0.3 is 10.6 Å². The van der Waals surface area contributed by atoms with E-state index in [9.17, 15) is 4.79 Å². The van der Waals surface area contributed by atoms with Crippen molar-refractivity contribution < 1.29 is 4.79 Å². The quantitative estimate of drug-likeness (QED) is 0.753. The molecule has 0 bridgehead atoms. The van der Waals surface area contributed by atoms with Crippen molar-refractivity contribution >= 4 is 5.91 Å². The normalized spacial score (nSPS) is 13.8. The van der Waals surface area contributed by atoms with Crippen LogP contribution >= 0.6 is 0 Å². The van der Waals surface area contributed by atoms with Crippen LogP contribution in [0.2, 0.25) is 0 Å². The van der Waals surface area contributed by atoms with E-state index in [1.807, 2.05) is 26.0 Å². The van der Waals surface area contributed by atoms with Crippen LogP contribution in [0.3, 0.4) is 0 Å². The maximum absolute atomic E-state index is 11.9. The Balaban J connectivity index is 2.23. The Morgan fingerprint density at radius 2 is 2.00 bits per heavy atom. The molecule has 106 valence electrons. The highest BCUT2D eigenvalue weighted by Crippen LogP contribution is 1.98. The summed E-state index contributed by atoms with van der Waals surface area (Å²) in [4.78, 5) is 15.9. The fourth-order valence-electron chi connectivity index (χ4n) is 1.95. The Kier molecular flexibility index (Phi) is 7.11. The zero-order valence-corrected chi connectivity index (χ0v) is 12.1. The molecule has 0 fully saturated rings.